The summed E-state index contributed by atoms with van der Waals surface area (Å²) in [5, 5.41) is 4.16. The third-order valence-corrected chi connectivity index (χ3v) is 3.90. The highest BCUT2D eigenvalue weighted by Gasteiger charge is 1.99. The van der Waals surface area contributed by atoms with Crippen LogP contribution >= 0.6 is 23.1 Å². The Morgan fingerprint density at radius 2 is 2.31 bits per heavy atom. The fraction of sp³-hybridized carbons (Fsp3) is 0.600. The van der Waals surface area contributed by atoms with Gasteiger partial charge < -0.3 is 5.32 Å². The van der Waals surface area contributed by atoms with E-state index >= 15 is 0 Å². The Kier molecular flexibility index (Phi) is 4.84. The highest BCUT2D eigenvalue weighted by Crippen LogP contribution is 2.14. The molecule has 0 aromatic carbocycles. The SMILES string of the molecule is CSC(C)CNCc1ccc(C)s1. The second-order valence-corrected chi connectivity index (χ2v) is 5.84. The van der Waals surface area contributed by atoms with Crippen molar-refractivity contribution in [2.45, 2.75) is 25.6 Å². The molecular weight excluding hydrogens is 198 g/mol. The molecule has 0 saturated heterocycles. The van der Waals surface area contributed by atoms with Gasteiger partial charge in [0.2, 0.25) is 0 Å². The summed E-state index contributed by atoms with van der Waals surface area (Å²) in [6.45, 7) is 6.51. The first kappa shape index (κ1) is 11.1. The Hall–Kier alpha value is 0.01000. The zero-order valence-electron chi connectivity index (χ0n) is 8.46. The first-order chi connectivity index (χ1) is 6.22. The van der Waals surface area contributed by atoms with Crippen molar-refractivity contribution in [1.29, 1.82) is 0 Å². The third-order valence-electron chi connectivity index (χ3n) is 1.93. The van der Waals surface area contributed by atoms with Crippen LogP contribution in [-0.2, 0) is 6.54 Å². The predicted molar refractivity (Wildman–Crippen MR) is 63.7 cm³/mol. The van der Waals surface area contributed by atoms with Gasteiger partial charge in [-0.2, -0.15) is 11.8 Å². The Morgan fingerprint density at radius 1 is 1.54 bits per heavy atom. The average molecular weight is 215 g/mol. The summed E-state index contributed by atoms with van der Waals surface area (Å²) in [5.74, 6) is 0. The number of hydrogen-bond acceptors (Lipinski definition) is 3. The number of rotatable bonds is 5. The summed E-state index contributed by atoms with van der Waals surface area (Å²) in [5.41, 5.74) is 0. The molecule has 0 aliphatic rings. The lowest BCUT2D eigenvalue weighted by Gasteiger charge is -2.08. The van der Waals surface area contributed by atoms with Crippen LogP contribution < -0.4 is 5.32 Å². The minimum atomic E-state index is 0.709. The number of nitrogens with one attached hydrogen (secondary N) is 1. The van der Waals surface area contributed by atoms with Gasteiger partial charge in [-0.15, -0.1) is 11.3 Å². The second-order valence-electron chi connectivity index (χ2n) is 3.19. The molecule has 1 aromatic rings. The van der Waals surface area contributed by atoms with Crippen molar-refractivity contribution < 1.29 is 0 Å². The zero-order chi connectivity index (χ0) is 9.68. The monoisotopic (exact) mass is 215 g/mol. The van der Waals surface area contributed by atoms with Crippen LogP contribution in [-0.4, -0.2) is 18.1 Å². The van der Waals surface area contributed by atoms with E-state index in [2.05, 4.69) is 37.6 Å². The van der Waals surface area contributed by atoms with E-state index in [1.54, 1.807) is 0 Å². The first-order valence-corrected chi connectivity index (χ1v) is 6.61. The highest BCUT2D eigenvalue weighted by molar-refractivity contribution is 7.99. The molecule has 1 rings (SSSR count). The number of thioether (sulfide) groups is 1. The molecule has 1 unspecified atom stereocenters. The van der Waals surface area contributed by atoms with Gasteiger partial charge in [-0.25, -0.2) is 0 Å². The summed E-state index contributed by atoms with van der Waals surface area (Å²) < 4.78 is 0. The largest absolute Gasteiger partial charge is 0.311 e. The molecule has 1 aromatic heterocycles. The predicted octanol–water partition coefficient (Wildman–Crippen LogP) is 2.90. The molecule has 1 N–H and O–H groups in total. The van der Waals surface area contributed by atoms with Crippen LogP contribution in [0.2, 0.25) is 0 Å². The van der Waals surface area contributed by atoms with Crippen molar-refractivity contribution in [1.82, 2.24) is 5.32 Å². The number of thiophene rings is 1. The van der Waals surface area contributed by atoms with Gasteiger partial charge in [0.05, 0.1) is 0 Å². The third kappa shape index (κ3) is 4.16. The van der Waals surface area contributed by atoms with Gasteiger partial charge >= 0.3 is 0 Å². The lowest BCUT2D eigenvalue weighted by atomic mass is 10.4. The van der Waals surface area contributed by atoms with Crippen LogP contribution in [0.15, 0.2) is 12.1 Å². The van der Waals surface area contributed by atoms with E-state index in [1.807, 2.05) is 23.1 Å². The van der Waals surface area contributed by atoms with Gasteiger partial charge in [-0.1, -0.05) is 6.92 Å². The minimum Gasteiger partial charge on any atom is -0.311 e. The molecule has 0 saturated carbocycles. The first-order valence-electron chi connectivity index (χ1n) is 4.51. The lowest BCUT2D eigenvalue weighted by molar-refractivity contribution is 0.691. The molecule has 3 heteroatoms. The summed E-state index contributed by atoms with van der Waals surface area (Å²) in [6, 6.07) is 4.39. The van der Waals surface area contributed by atoms with Gasteiger partial charge in [0.1, 0.15) is 0 Å². The summed E-state index contributed by atoms with van der Waals surface area (Å²) in [4.78, 5) is 2.83. The van der Waals surface area contributed by atoms with E-state index in [1.165, 1.54) is 9.75 Å². The average Bonchev–Trinajstić information content (AvgIpc) is 2.51. The Bertz CT molecular complexity index is 245. The minimum absolute atomic E-state index is 0.709. The molecule has 0 aliphatic heterocycles. The quantitative estimate of drug-likeness (QED) is 0.810. The molecule has 0 bridgehead atoms. The molecule has 0 aliphatic carbocycles. The van der Waals surface area contributed by atoms with Crippen LogP contribution in [0, 0.1) is 6.92 Å². The number of aryl methyl sites for hydroxylation is 1. The molecule has 0 radical (unpaired) electrons. The molecule has 0 fully saturated rings. The van der Waals surface area contributed by atoms with Crippen molar-refractivity contribution in [3.8, 4) is 0 Å². The van der Waals surface area contributed by atoms with E-state index < -0.39 is 0 Å². The van der Waals surface area contributed by atoms with Crippen molar-refractivity contribution >= 4 is 23.1 Å². The van der Waals surface area contributed by atoms with Crippen LogP contribution in [0.5, 0.6) is 0 Å². The molecule has 0 spiro atoms. The van der Waals surface area contributed by atoms with Crippen molar-refractivity contribution in [3.05, 3.63) is 21.9 Å². The topological polar surface area (TPSA) is 12.0 Å². The van der Waals surface area contributed by atoms with Crippen LogP contribution in [0.3, 0.4) is 0 Å². The van der Waals surface area contributed by atoms with Crippen molar-refractivity contribution in [2.24, 2.45) is 0 Å². The Balaban J connectivity index is 2.20. The molecule has 13 heavy (non-hydrogen) atoms. The van der Waals surface area contributed by atoms with E-state index in [4.69, 9.17) is 0 Å². The maximum absolute atomic E-state index is 3.46. The maximum Gasteiger partial charge on any atom is 0.0300 e. The fourth-order valence-corrected chi connectivity index (χ4v) is 2.21. The smallest absolute Gasteiger partial charge is 0.0300 e. The van der Waals surface area contributed by atoms with E-state index in [-0.39, 0.29) is 0 Å². The molecule has 1 atom stereocenters. The van der Waals surface area contributed by atoms with Gasteiger partial charge in [-0.05, 0) is 25.3 Å². The van der Waals surface area contributed by atoms with E-state index in [0.717, 1.165) is 13.1 Å². The summed E-state index contributed by atoms with van der Waals surface area (Å²) >= 11 is 3.78. The van der Waals surface area contributed by atoms with Gasteiger partial charge in [0, 0.05) is 28.1 Å². The maximum atomic E-state index is 3.46. The van der Waals surface area contributed by atoms with Gasteiger partial charge in [0.25, 0.3) is 0 Å². The second kappa shape index (κ2) is 5.68. The normalized spacial score (nSPS) is 13.2. The van der Waals surface area contributed by atoms with Crippen LogP contribution in [0.4, 0.5) is 0 Å². The zero-order valence-corrected chi connectivity index (χ0v) is 10.1. The Morgan fingerprint density at radius 3 is 2.85 bits per heavy atom. The van der Waals surface area contributed by atoms with Crippen molar-refractivity contribution in [3.63, 3.8) is 0 Å². The highest BCUT2D eigenvalue weighted by atomic mass is 32.2. The van der Waals surface area contributed by atoms with Crippen LogP contribution in [0.25, 0.3) is 0 Å². The van der Waals surface area contributed by atoms with Crippen molar-refractivity contribution in [2.75, 3.05) is 12.8 Å². The summed E-state index contributed by atoms with van der Waals surface area (Å²) in [6.07, 6.45) is 2.15. The van der Waals surface area contributed by atoms with Gasteiger partial charge in [0.15, 0.2) is 0 Å². The van der Waals surface area contributed by atoms with E-state index in [9.17, 15) is 0 Å². The summed E-state index contributed by atoms with van der Waals surface area (Å²) in [7, 11) is 0. The fourth-order valence-electron chi connectivity index (χ4n) is 1.06. The molecule has 0 amide bonds. The standard InChI is InChI=1S/C10H17NS2/c1-8-4-5-10(13-8)7-11-6-9(2)12-3/h4-5,9,11H,6-7H2,1-3H3. The molecule has 1 heterocycles. The molecule has 1 nitrogen and oxygen atoms in total. The molecule has 74 valence electrons. The van der Waals surface area contributed by atoms with Crippen LogP contribution in [0.1, 0.15) is 16.7 Å². The lowest BCUT2D eigenvalue weighted by Crippen LogP contribution is -2.21. The molecular formula is C10H17NS2. The van der Waals surface area contributed by atoms with Gasteiger partial charge in [-0.3, -0.25) is 0 Å². The van der Waals surface area contributed by atoms with E-state index in [0.29, 0.717) is 5.25 Å². The Labute approximate surface area is 88.9 Å². The number of hydrogen-bond donors (Lipinski definition) is 1.